The Balaban J connectivity index is 2.08. The fourth-order valence-electron chi connectivity index (χ4n) is 1.46. The van der Waals surface area contributed by atoms with Crippen LogP contribution in [0.1, 0.15) is 36.7 Å². The summed E-state index contributed by atoms with van der Waals surface area (Å²) >= 11 is 0. The third-order valence-corrected chi connectivity index (χ3v) is 2.54. The van der Waals surface area contributed by atoms with E-state index in [1.807, 2.05) is 19.1 Å². The summed E-state index contributed by atoms with van der Waals surface area (Å²) in [5, 5.41) is 13.0. The van der Waals surface area contributed by atoms with Crippen LogP contribution in [0, 0.1) is 0 Å². The highest BCUT2D eigenvalue weighted by atomic mass is 16.5. The Morgan fingerprint density at radius 1 is 1.35 bits per heavy atom. The van der Waals surface area contributed by atoms with Crippen molar-refractivity contribution in [2.45, 2.75) is 25.8 Å². The standard InChI is InChI=1S/C12H15N3O2/c1-2-10(13)12-14-11(15-17-12)7-8-3-5-9(16)6-4-8/h3-6,10,16H,2,7,13H2,1H3/t10-/m1/s1. The van der Waals surface area contributed by atoms with Crippen LogP contribution in [-0.2, 0) is 6.42 Å². The summed E-state index contributed by atoms with van der Waals surface area (Å²) in [6.07, 6.45) is 1.33. The number of nitrogens with two attached hydrogens (primary N) is 1. The van der Waals surface area contributed by atoms with Gasteiger partial charge in [0.1, 0.15) is 5.75 Å². The molecule has 0 unspecified atom stereocenters. The normalized spacial score (nSPS) is 12.6. The molecular formula is C12H15N3O2. The molecule has 5 heteroatoms. The maximum Gasteiger partial charge on any atom is 0.243 e. The smallest absolute Gasteiger partial charge is 0.243 e. The van der Waals surface area contributed by atoms with Crippen molar-refractivity contribution in [2.24, 2.45) is 5.73 Å². The van der Waals surface area contributed by atoms with Gasteiger partial charge in [-0.25, -0.2) is 0 Å². The molecule has 1 atom stereocenters. The number of aromatic nitrogens is 2. The van der Waals surface area contributed by atoms with Gasteiger partial charge in [-0.05, 0) is 24.1 Å². The van der Waals surface area contributed by atoms with Gasteiger partial charge in [-0.2, -0.15) is 4.98 Å². The van der Waals surface area contributed by atoms with Gasteiger partial charge in [0, 0.05) is 6.42 Å². The van der Waals surface area contributed by atoms with Gasteiger partial charge in [-0.1, -0.05) is 24.2 Å². The van der Waals surface area contributed by atoms with Crippen LogP contribution < -0.4 is 5.73 Å². The van der Waals surface area contributed by atoms with Crippen LogP contribution in [0.25, 0.3) is 0 Å². The summed E-state index contributed by atoms with van der Waals surface area (Å²) in [7, 11) is 0. The summed E-state index contributed by atoms with van der Waals surface area (Å²) < 4.78 is 5.08. The molecular weight excluding hydrogens is 218 g/mol. The quantitative estimate of drug-likeness (QED) is 0.840. The molecule has 0 aliphatic carbocycles. The minimum absolute atomic E-state index is 0.198. The highest BCUT2D eigenvalue weighted by Crippen LogP contribution is 2.15. The van der Waals surface area contributed by atoms with Crippen LogP contribution in [0.3, 0.4) is 0 Å². The van der Waals surface area contributed by atoms with Gasteiger partial charge in [0.15, 0.2) is 5.82 Å². The third-order valence-electron chi connectivity index (χ3n) is 2.54. The summed E-state index contributed by atoms with van der Waals surface area (Å²) in [6.45, 7) is 1.97. The Bertz CT molecular complexity index is 479. The molecule has 0 aliphatic rings. The first-order valence-electron chi connectivity index (χ1n) is 5.55. The number of phenols is 1. The molecule has 2 rings (SSSR count). The lowest BCUT2D eigenvalue weighted by Crippen LogP contribution is -2.08. The lowest BCUT2D eigenvalue weighted by atomic mass is 10.1. The average Bonchev–Trinajstić information content (AvgIpc) is 2.80. The van der Waals surface area contributed by atoms with Crippen LogP contribution in [0.2, 0.25) is 0 Å². The molecule has 0 spiro atoms. The fourth-order valence-corrected chi connectivity index (χ4v) is 1.46. The number of benzene rings is 1. The molecule has 3 N–H and O–H groups in total. The number of hydrogen-bond donors (Lipinski definition) is 2. The van der Waals surface area contributed by atoms with Crippen LogP contribution in [0.4, 0.5) is 0 Å². The first kappa shape index (κ1) is 11.6. The van der Waals surface area contributed by atoms with E-state index in [0.29, 0.717) is 18.1 Å². The van der Waals surface area contributed by atoms with E-state index in [1.54, 1.807) is 12.1 Å². The van der Waals surface area contributed by atoms with Gasteiger partial charge in [0.25, 0.3) is 0 Å². The Kier molecular flexibility index (Phi) is 3.39. The molecule has 0 saturated heterocycles. The molecule has 5 nitrogen and oxygen atoms in total. The molecule has 0 saturated carbocycles. The number of hydrogen-bond acceptors (Lipinski definition) is 5. The molecule has 0 radical (unpaired) electrons. The Hall–Kier alpha value is -1.88. The summed E-state index contributed by atoms with van der Waals surface area (Å²) in [6, 6.07) is 6.72. The van der Waals surface area contributed by atoms with Crippen molar-refractivity contribution >= 4 is 0 Å². The second-order valence-corrected chi connectivity index (χ2v) is 3.91. The summed E-state index contributed by atoms with van der Waals surface area (Å²) in [4.78, 5) is 4.23. The summed E-state index contributed by atoms with van der Waals surface area (Å²) in [5.74, 6) is 1.33. The zero-order valence-corrected chi connectivity index (χ0v) is 9.63. The predicted octanol–water partition coefficient (Wildman–Crippen LogP) is 1.78. The van der Waals surface area contributed by atoms with Crippen molar-refractivity contribution in [1.82, 2.24) is 10.1 Å². The van der Waals surface area contributed by atoms with Gasteiger partial charge >= 0.3 is 0 Å². The summed E-state index contributed by atoms with van der Waals surface area (Å²) in [5.41, 5.74) is 6.81. The Morgan fingerprint density at radius 3 is 2.71 bits per heavy atom. The monoisotopic (exact) mass is 233 g/mol. The maximum atomic E-state index is 9.17. The Labute approximate surface area is 99.3 Å². The first-order valence-corrected chi connectivity index (χ1v) is 5.55. The number of nitrogens with zero attached hydrogens (tertiary/aromatic N) is 2. The van der Waals surface area contributed by atoms with Crippen molar-refractivity contribution in [2.75, 3.05) is 0 Å². The van der Waals surface area contributed by atoms with Crippen molar-refractivity contribution in [3.8, 4) is 5.75 Å². The van der Waals surface area contributed by atoms with Gasteiger partial charge in [-0.3, -0.25) is 0 Å². The molecule has 0 bridgehead atoms. The second kappa shape index (κ2) is 4.97. The third kappa shape index (κ3) is 2.82. The van der Waals surface area contributed by atoms with Crippen molar-refractivity contribution in [3.05, 3.63) is 41.5 Å². The number of phenolic OH excluding ortho intramolecular Hbond substituents is 1. The minimum atomic E-state index is -0.198. The van der Waals surface area contributed by atoms with Gasteiger partial charge in [0.2, 0.25) is 5.89 Å². The highest BCUT2D eigenvalue weighted by Gasteiger charge is 2.12. The van der Waals surface area contributed by atoms with Crippen LogP contribution >= 0.6 is 0 Å². The van der Waals surface area contributed by atoms with Gasteiger partial charge < -0.3 is 15.4 Å². The minimum Gasteiger partial charge on any atom is -0.508 e. The Morgan fingerprint density at radius 2 is 2.06 bits per heavy atom. The molecule has 0 fully saturated rings. The molecule has 90 valence electrons. The van der Waals surface area contributed by atoms with Crippen molar-refractivity contribution < 1.29 is 9.63 Å². The van der Waals surface area contributed by atoms with Crippen LogP contribution in [0.15, 0.2) is 28.8 Å². The van der Waals surface area contributed by atoms with E-state index in [4.69, 9.17) is 15.4 Å². The maximum absolute atomic E-state index is 9.17. The zero-order valence-electron chi connectivity index (χ0n) is 9.63. The fraction of sp³-hybridized carbons (Fsp3) is 0.333. The van der Waals surface area contributed by atoms with E-state index in [0.717, 1.165) is 12.0 Å². The van der Waals surface area contributed by atoms with Gasteiger partial charge in [0.05, 0.1) is 6.04 Å². The molecule has 2 aromatic rings. The van der Waals surface area contributed by atoms with Gasteiger partial charge in [-0.15, -0.1) is 0 Å². The number of rotatable bonds is 4. The predicted molar refractivity (Wildman–Crippen MR) is 62.4 cm³/mol. The molecule has 1 aromatic carbocycles. The van der Waals surface area contributed by atoms with E-state index in [2.05, 4.69) is 10.1 Å². The first-order chi connectivity index (χ1) is 8.19. The molecule has 0 amide bonds. The van der Waals surface area contributed by atoms with E-state index >= 15 is 0 Å². The SMILES string of the molecule is CC[C@@H](N)c1nc(Cc2ccc(O)cc2)no1. The van der Waals surface area contributed by atoms with E-state index < -0.39 is 0 Å². The van der Waals surface area contributed by atoms with Crippen molar-refractivity contribution in [1.29, 1.82) is 0 Å². The van der Waals surface area contributed by atoms with Crippen LogP contribution in [-0.4, -0.2) is 15.2 Å². The molecule has 1 heterocycles. The zero-order chi connectivity index (χ0) is 12.3. The van der Waals surface area contributed by atoms with Crippen molar-refractivity contribution in [3.63, 3.8) is 0 Å². The molecule has 0 aliphatic heterocycles. The lowest BCUT2D eigenvalue weighted by Gasteiger charge is -1.99. The lowest BCUT2D eigenvalue weighted by molar-refractivity contribution is 0.348. The highest BCUT2D eigenvalue weighted by molar-refractivity contribution is 5.27. The molecule has 1 aromatic heterocycles. The van der Waals surface area contributed by atoms with Crippen LogP contribution in [0.5, 0.6) is 5.75 Å². The largest absolute Gasteiger partial charge is 0.508 e. The number of aromatic hydroxyl groups is 1. The average molecular weight is 233 g/mol. The molecule has 17 heavy (non-hydrogen) atoms. The van der Waals surface area contributed by atoms with E-state index in [9.17, 15) is 0 Å². The topological polar surface area (TPSA) is 85.2 Å². The second-order valence-electron chi connectivity index (χ2n) is 3.91. The van der Waals surface area contributed by atoms with E-state index in [1.165, 1.54) is 0 Å². The van der Waals surface area contributed by atoms with E-state index in [-0.39, 0.29) is 11.8 Å².